The van der Waals surface area contributed by atoms with Gasteiger partial charge in [-0.15, -0.1) is 0 Å². The number of alkyl carbamates (subject to hydrolysis) is 1. The largest absolute Gasteiger partial charge is 0.446 e. The van der Waals surface area contributed by atoms with Crippen molar-refractivity contribution in [1.82, 2.24) is 25.2 Å². The molecule has 0 spiro atoms. The number of hydrogen-bond donors (Lipinski definition) is 4. The minimum Gasteiger partial charge on any atom is -0.446 e. The number of sulfonamides is 1. The lowest BCUT2D eigenvalue weighted by Crippen LogP contribution is -2.33. The van der Waals surface area contributed by atoms with E-state index in [-0.39, 0.29) is 36.5 Å². The van der Waals surface area contributed by atoms with E-state index in [2.05, 4.69) is 30.5 Å². The van der Waals surface area contributed by atoms with Gasteiger partial charge in [0.15, 0.2) is 5.82 Å². The van der Waals surface area contributed by atoms with Gasteiger partial charge < -0.3 is 15.4 Å². The van der Waals surface area contributed by atoms with Crippen LogP contribution in [0.1, 0.15) is 56.0 Å². The number of aromatic amines is 1. The lowest BCUT2D eigenvalue weighted by atomic mass is 10.0. The Bertz CT molecular complexity index is 1040. The van der Waals surface area contributed by atoms with Gasteiger partial charge in [0.25, 0.3) is 0 Å². The number of pyridine rings is 1. The van der Waals surface area contributed by atoms with Crippen LogP contribution in [0.25, 0.3) is 0 Å². The predicted octanol–water partition coefficient (Wildman–Crippen LogP) is 2.25. The molecule has 2 atom stereocenters. The van der Waals surface area contributed by atoms with Gasteiger partial charge in [-0.1, -0.05) is 0 Å². The van der Waals surface area contributed by atoms with E-state index < -0.39 is 10.0 Å². The third-order valence-electron chi connectivity index (χ3n) is 5.24. The number of H-pyrrole nitrogens is 1. The number of hydrogen-bond acceptors (Lipinski definition) is 7. The lowest BCUT2D eigenvalue weighted by Gasteiger charge is -2.17. The predicted molar refractivity (Wildman–Crippen MR) is 111 cm³/mol. The Morgan fingerprint density at radius 2 is 2.13 bits per heavy atom. The van der Waals surface area contributed by atoms with E-state index in [0.29, 0.717) is 11.5 Å². The van der Waals surface area contributed by atoms with Crippen LogP contribution in [-0.4, -0.2) is 41.8 Å². The van der Waals surface area contributed by atoms with Crippen molar-refractivity contribution in [2.45, 2.75) is 63.5 Å². The highest BCUT2D eigenvalue weighted by Crippen LogP contribution is 2.36. The number of nitrogens with zero attached hydrogens (tertiary/aromatic N) is 2. The molecule has 1 fully saturated rings. The molecule has 1 saturated carbocycles. The number of rotatable bonds is 5. The molecular formula is C19H26N6O4S. The van der Waals surface area contributed by atoms with Crippen LogP contribution >= 0.6 is 0 Å². The number of carbonyl (C=O) groups is 1. The van der Waals surface area contributed by atoms with Gasteiger partial charge in [-0.3, -0.25) is 10.1 Å². The van der Waals surface area contributed by atoms with Crippen molar-refractivity contribution in [3.63, 3.8) is 0 Å². The molecule has 1 aliphatic carbocycles. The van der Waals surface area contributed by atoms with Crippen LogP contribution in [0.5, 0.6) is 0 Å². The van der Waals surface area contributed by atoms with Crippen molar-refractivity contribution in [2.24, 2.45) is 0 Å². The number of aromatic nitrogens is 3. The third-order valence-corrected chi connectivity index (χ3v) is 6.48. The molecule has 2 aromatic rings. The monoisotopic (exact) mass is 434 g/mol. The van der Waals surface area contributed by atoms with E-state index in [4.69, 9.17) is 4.74 Å². The number of fused-ring (bicyclic) bond motifs is 1. The van der Waals surface area contributed by atoms with Crippen LogP contribution in [0.3, 0.4) is 0 Å². The fraction of sp³-hybridized carbons (Fsp3) is 0.526. The minimum absolute atomic E-state index is 0.0502. The summed E-state index contributed by atoms with van der Waals surface area (Å²) >= 11 is 0. The van der Waals surface area contributed by atoms with Crippen molar-refractivity contribution in [1.29, 1.82) is 0 Å². The Balaban J connectivity index is 1.36. The first-order valence-corrected chi connectivity index (χ1v) is 11.7. The van der Waals surface area contributed by atoms with Gasteiger partial charge in [0.1, 0.15) is 11.9 Å². The molecule has 4 rings (SSSR count). The Hall–Kier alpha value is -2.66. The Morgan fingerprint density at radius 1 is 1.30 bits per heavy atom. The van der Waals surface area contributed by atoms with Gasteiger partial charge in [-0.2, -0.15) is 5.10 Å². The summed E-state index contributed by atoms with van der Waals surface area (Å²) in [6.45, 7) is 4.03. The molecule has 1 amide bonds. The third kappa shape index (κ3) is 4.90. The van der Waals surface area contributed by atoms with Gasteiger partial charge in [-0.25, -0.2) is 17.9 Å². The van der Waals surface area contributed by atoms with Crippen LogP contribution in [0.2, 0.25) is 0 Å². The van der Waals surface area contributed by atoms with Gasteiger partial charge >= 0.3 is 6.09 Å². The summed E-state index contributed by atoms with van der Waals surface area (Å²) in [6, 6.07) is 3.88. The second-order valence-electron chi connectivity index (χ2n) is 8.08. The van der Waals surface area contributed by atoms with E-state index in [1.54, 1.807) is 6.20 Å². The maximum absolute atomic E-state index is 11.8. The quantitative estimate of drug-likeness (QED) is 0.566. The van der Waals surface area contributed by atoms with E-state index in [0.717, 1.165) is 36.2 Å². The van der Waals surface area contributed by atoms with Gasteiger partial charge in [0, 0.05) is 30.3 Å². The van der Waals surface area contributed by atoms with Gasteiger partial charge in [0.2, 0.25) is 10.0 Å². The Kier molecular flexibility index (Phi) is 5.65. The molecule has 3 heterocycles. The number of ether oxygens (including phenoxy) is 1. The fourth-order valence-electron chi connectivity index (χ4n) is 3.82. The highest BCUT2D eigenvalue weighted by atomic mass is 32.2. The van der Waals surface area contributed by atoms with Crippen molar-refractivity contribution >= 4 is 27.6 Å². The summed E-state index contributed by atoms with van der Waals surface area (Å²) in [5, 5.41) is 13.3. The first-order valence-electron chi connectivity index (χ1n) is 10.0. The molecule has 0 bridgehead atoms. The number of carbonyl (C=O) groups excluding carboxylic acids is 1. The van der Waals surface area contributed by atoms with Crippen molar-refractivity contribution in [2.75, 3.05) is 5.32 Å². The standard InChI is InChI=1S/C19H26N6O4S/c1-11(2)22-19(26)29-15-4-3-12(6-15)16-7-18(25-24-16)23-14-5-13-8-21-30(27,28)10-17(13)20-9-14/h5,7,9,11-12,15,21H,3-4,6,8,10H2,1-2H3,(H,22,26)(H2,23,24,25)/t12-,15+/m0/s1. The molecule has 162 valence electrons. The first kappa shape index (κ1) is 20.6. The molecule has 0 unspecified atom stereocenters. The van der Waals surface area contributed by atoms with Crippen molar-refractivity contribution in [3.8, 4) is 0 Å². The summed E-state index contributed by atoms with van der Waals surface area (Å²) < 4.78 is 31.3. The van der Waals surface area contributed by atoms with E-state index in [1.807, 2.05) is 26.0 Å². The Morgan fingerprint density at radius 3 is 2.93 bits per heavy atom. The second-order valence-corrected chi connectivity index (χ2v) is 9.89. The summed E-state index contributed by atoms with van der Waals surface area (Å²) in [5.41, 5.74) is 3.15. The van der Waals surface area contributed by atoms with Gasteiger partial charge in [-0.05, 0) is 44.7 Å². The molecule has 2 aliphatic rings. The van der Waals surface area contributed by atoms with E-state index in [1.165, 1.54) is 0 Å². The van der Waals surface area contributed by atoms with Crippen LogP contribution in [-0.2, 0) is 27.1 Å². The normalized spacial score (nSPS) is 22.5. The first-order chi connectivity index (χ1) is 14.3. The van der Waals surface area contributed by atoms with E-state index in [9.17, 15) is 13.2 Å². The average Bonchev–Trinajstić information content (AvgIpc) is 3.30. The van der Waals surface area contributed by atoms with E-state index >= 15 is 0 Å². The smallest absolute Gasteiger partial charge is 0.407 e. The van der Waals surface area contributed by atoms with Crippen LogP contribution in [0.15, 0.2) is 18.3 Å². The van der Waals surface area contributed by atoms with Crippen molar-refractivity contribution < 1.29 is 17.9 Å². The molecule has 0 saturated heterocycles. The fourth-order valence-corrected chi connectivity index (χ4v) is 4.91. The SMILES string of the molecule is CC(C)NC(=O)O[C@@H]1CC[C@H](c2cc(Nc3cnc4c(c3)CNS(=O)(=O)C4)n[nH]2)C1. The maximum Gasteiger partial charge on any atom is 0.407 e. The summed E-state index contributed by atoms with van der Waals surface area (Å²) in [7, 11) is -3.28. The number of nitrogens with one attached hydrogen (secondary N) is 4. The molecule has 4 N–H and O–H groups in total. The second kappa shape index (κ2) is 8.23. The van der Waals surface area contributed by atoms with Crippen LogP contribution < -0.4 is 15.4 Å². The zero-order valence-corrected chi connectivity index (χ0v) is 17.8. The topological polar surface area (TPSA) is 138 Å². The molecule has 1 aliphatic heterocycles. The summed E-state index contributed by atoms with van der Waals surface area (Å²) in [4.78, 5) is 16.1. The molecule has 11 heteroatoms. The zero-order valence-electron chi connectivity index (χ0n) is 16.9. The number of anilines is 2. The molecule has 0 radical (unpaired) electrons. The minimum atomic E-state index is -3.28. The lowest BCUT2D eigenvalue weighted by molar-refractivity contribution is 0.0981. The molecular weight excluding hydrogens is 408 g/mol. The average molecular weight is 435 g/mol. The Labute approximate surface area is 175 Å². The molecule has 0 aromatic carbocycles. The number of amides is 1. The van der Waals surface area contributed by atoms with Crippen LogP contribution in [0.4, 0.5) is 16.3 Å². The highest BCUT2D eigenvalue weighted by molar-refractivity contribution is 7.88. The van der Waals surface area contributed by atoms with Gasteiger partial charge in [0.05, 0.1) is 17.6 Å². The molecule has 2 aromatic heterocycles. The summed E-state index contributed by atoms with van der Waals surface area (Å²) in [6.07, 6.45) is 3.64. The molecule has 10 nitrogen and oxygen atoms in total. The maximum atomic E-state index is 11.8. The highest BCUT2D eigenvalue weighted by Gasteiger charge is 2.30. The summed E-state index contributed by atoms with van der Waals surface area (Å²) in [5.74, 6) is 0.806. The molecule has 30 heavy (non-hydrogen) atoms. The zero-order chi connectivity index (χ0) is 21.3. The van der Waals surface area contributed by atoms with Crippen LogP contribution in [0, 0.1) is 0 Å². The van der Waals surface area contributed by atoms with Crippen molar-refractivity contribution in [3.05, 3.63) is 35.3 Å².